The van der Waals surface area contributed by atoms with Crippen LogP contribution in [0, 0.1) is 5.82 Å². The molecule has 5 nitrogen and oxygen atoms in total. The summed E-state index contributed by atoms with van der Waals surface area (Å²) in [4.78, 5) is 28.1. The Morgan fingerprint density at radius 3 is 2.51 bits per heavy atom. The number of ether oxygens (including phenoxy) is 1. The summed E-state index contributed by atoms with van der Waals surface area (Å²) in [5.74, 6) is -0.393. The molecular formula is C33H35FN2O3. The van der Waals surface area contributed by atoms with E-state index in [2.05, 4.69) is 17.4 Å². The Morgan fingerprint density at radius 1 is 1.03 bits per heavy atom. The first-order valence-electron chi connectivity index (χ1n) is 13.9. The number of aryl methyl sites for hydroxylation is 1. The molecule has 6 heteroatoms. The van der Waals surface area contributed by atoms with Crippen molar-refractivity contribution in [1.29, 1.82) is 0 Å². The molecule has 0 bridgehead atoms. The van der Waals surface area contributed by atoms with Crippen LogP contribution in [0.15, 0.2) is 84.6 Å². The number of rotatable bonds is 8. The van der Waals surface area contributed by atoms with E-state index >= 15 is 0 Å². The zero-order valence-electron chi connectivity index (χ0n) is 22.3. The lowest BCUT2D eigenvalue weighted by atomic mass is 9.89. The van der Waals surface area contributed by atoms with Crippen molar-refractivity contribution in [3.63, 3.8) is 0 Å². The molecule has 3 atom stereocenters. The summed E-state index contributed by atoms with van der Waals surface area (Å²) < 4.78 is 20.6. The fourth-order valence-corrected chi connectivity index (χ4v) is 5.46. The van der Waals surface area contributed by atoms with Crippen LogP contribution in [-0.2, 0) is 22.5 Å². The number of halogens is 1. The van der Waals surface area contributed by atoms with Crippen molar-refractivity contribution >= 4 is 17.9 Å². The number of morpholine rings is 1. The molecular weight excluding hydrogens is 491 g/mol. The van der Waals surface area contributed by atoms with Gasteiger partial charge in [0.15, 0.2) is 5.76 Å². The minimum Gasteiger partial charge on any atom is -0.482 e. The molecule has 2 fully saturated rings. The number of carbonyl (C=O) groups excluding carboxylic acids is 2. The van der Waals surface area contributed by atoms with Crippen LogP contribution in [0.25, 0.3) is 6.08 Å². The number of hydrogen-bond acceptors (Lipinski definition) is 3. The van der Waals surface area contributed by atoms with Crippen molar-refractivity contribution in [3.05, 3.63) is 113 Å². The molecule has 0 radical (unpaired) electrons. The van der Waals surface area contributed by atoms with E-state index in [4.69, 9.17) is 4.74 Å². The number of nitrogens with one attached hydrogen (secondary N) is 1. The average molecular weight is 527 g/mol. The van der Waals surface area contributed by atoms with E-state index in [0.717, 1.165) is 44.1 Å². The maximum absolute atomic E-state index is 14.4. The molecule has 0 spiro atoms. The van der Waals surface area contributed by atoms with E-state index in [1.165, 1.54) is 11.6 Å². The summed E-state index contributed by atoms with van der Waals surface area (Å²) in [6.45, 7) is 2.23. The summed E-state index contributed by atoms with van der Waals surface area (Å²) in [5, 5.41) is 3.07. The largest absolute Gasteiger partial charge is 0.482 e. The second kappa shape index (κ2) is 12.3. The molecule has 202 valence electrons. The summed E-state index contributed by atoms with van der Waals surface area (Å²) in [5.41, 5.74) is 3.09. The standard InChI is InChI=1S/C33H35FN2O3/c1-23(15-16-24-9-3-2-4-10-24)35-32(37)26-19-17-25(18-20-26)21-31-33(38)36(22-27-11-5-6-12-28(27)34)29-13-7-8-14-30(29)39-31/h2-6,9-12,17-21,23,29-30H,7-8,13-16,22H2,1H3,(H,35,37)/b31-21-. The normalized spacial score (nSPS) is 20.7. The molecule has 0 aromatic heterocycles. The predicted octanol–water partition coefficient (Wildman–Crippen LogP) is 6.29. The minimum absolute atomic E-state index is 0.0386. The van der Waals surface area contributed by atoms with Crippen LogP contribution in [-0.4, -0.2) is 34.9 Å². The lowest BCUT2D eigenvalue weighted by molar-refractivity contribution is -0.149. The van der Waals surface area contributed by atoms with Gasteiger partial charge in [-0.1, -0.05) is 67.1 Å². The van der Waals surface area contributed by atoms with Crippen molar-refractivity contribution in [2.45, 2.75) is 70.2 Å². The fraction of sp³-hybridized carbons (Fsp3) is 0.333. The van der Waals surface area contributed by atoms with Crippen LogP contribution in [0.1, 0.15) is 66.1 Å². The zero-order valence-corrected chi connectivity index (χ0v) is 22.3. The van der Waals surface area contributed by atoms with Gasteiger partial charge in [0.1, 0.15) is 11.9 Å². The molecule has 2 amide bonds. The van der Waals surface area contributed by atoms with Crippen molar-refractivity contribution in [2.24, 2.45) is 0 Å². The van der Waals surface area contributed by atoms with Gasteiger partial charge in [-0.05, 0) is 74.4 Å². The third kappa shape index (κ3) is 6.56. The monoisotopic (exact) mass is 526 g/mol. The molecule has 1 saturated heterocycles. The van der Waals surface area contributed by atoms with Crippen LogP contribution >= 0.6 is 0 Å². The number of carbonyl (C=O) groups is 2. The molecule has 1 N–H and O–H groups in total. The maximum Gasteiger partial charge on any atom is 0.289 e. The highest BCUT2D eigenvalue weighted by Crippen LogP contribution is 2.34. The number of fused-ring (bicyclic) bond motifs is 1. The highest BCUT2D eigenvalue weighted by molar-refractivity contribution is 5.97. The lowest BCUT2D eigenvalue weighted by Crippen LogP contribution is -2.54. The van der Waals surface area contributed by atoms with Crippen molar-refractivity contribution < 1.29 is 18.7 Å². The minimum atomic E-state index is -0.307. The summed E-state index contributed by atoms with van der Waals surface area (Å²) in [6.07, 6.45) is 7.17. The molecule has 3 aromatic rings. The number of nitrogens with zero attached hydrogens (tertiary/aromatic N) is 1. The van der Waals surface area contributed by atoms with Crippen molar-refractivity contribution in [3.8, 4) is 0 Å². The highest BCUT2D eigenvalue weighted by Gasteiger charge is 2.41. The quantitative estimate of drug-likeness (QED) is 0.351. The van der Waals surface area contributed by atoms with E-state index in [1.807, 2.05) is 37.3 Å². The van der Waals surface area contributed by atoms with Crippen LogP contribution in [0.4, 0.5) is 4.39 Å². The van der Waals surface area contributed by atoms with Gasteiger partial charge in [0.05, 0.1) is 6.04 Å². The number of amides is 2. The molecule has 1 saturated carbocycles. The summed E-state index contributed by atoms with van der Waals surface area (Å²) >= 11 is 0. The molecule has 1 heterocycles. The molecule has 3 aromatic carbocycles. The van der Waals surface area contributed by atoms with Crippen molar-refractivity contribution in [1.82, 2.24) is 10.2 Å². The Kier molecular flexibility index (Phi) is 8.40. The Hall–Kier alpha value is -3.93. The smallest absolute Gasteiger partial charge is 0.289 e. The topological polar surface area (TPSA) is 58.6 Å². The lowest BCUT2D eigenvalue weighted by Gasteiger charge is -2.44. The van der Waals surface area contributed by atoms with Crippen LogP contribution in [0.2, 0.25) is 0 Å². The molecule has 5 rings (SSSR count). The molecule has 39 heavy (non-hydrogen) atoms. The Bertz CT molecular complexity index is 1320. The van der Waals surface area contributed by atoms with Gasteiger partial charge >= 0.3 is 0 Å². The van der Waals surface area contributed by atoms with E-state index < -0.39 is 0 Å². The van der Waals surface area contributed by atoms with E-state index in [0.29, 0.717) is 11.1 Å². The molecule has 1 aliphatic carbocycles. The van der Waals surface area contributed by atoms with Gasteiger partial charge in [-0.15, -0.1) is 0 Å². The highest BCUT2D eigenvalue weighted by atomic mass is 19.1. The first-order chi connectivity index (χ1) is 19.0. The van der Waals surface area contributed by atoms with Gasteiger partial charge in [-0.25, -0.2) is 4.39 Å². The van der Waals surface area contributed by atoms with Gasteiger partial charge < -0.3 is 15.0 Å². The maximum atomic E-state index is 14.4. The molecule has 1 aliphatic heterocycles. The summed E-state index contributed by atoms with van der Waals surface area (Å²) in [6, 6.07) is 24.0. The van der Waals surface area contributed by atoms with Gasteiger partial charge in [0, 0.05) is 23.7 Å². The Morgan fingerprint density at radius 2 is 1.74 bits per heavy atom. The summed E-state index contributed by atoms with van der Waals surface area (Å²) in [7, 11) is 0. The van der Waals surface area contributed by atoms with Gasteiger partial charge in [0.25, 0.3) is 11.8 Å². The molecule has 2 aliphatic rings. The van der Waals surface area contributed by atoms with Gasteiger partial charge in [-0.2, -0.15) is 0 Å². The van der Waals surface area contributed by atoms with Crippen LogP contribution < -0.4 is 5.32 Å². The van der Waals surface area contributed by atoms with E-state index in [9.17, 15) is 14.0 Å². The SMILES string of the molecule is CC(CCc1ccccc1)NC(=O)c1ccc(/C=C2\OC3CCCCC3N(Cc3ccccc3F)C2=O)cc1. The zero-order chi connectivity index (χ0) is 27.2. The van der Waals surface area contributed by atoms with Gasteiger partial charge in [0.2, 0.25) is 0 Å². The predicted molar refractivity (Wildman–Crippen MR) is 150 cm³/mol. The van der Waals surface area contributed by atoms with E-state index in [1.54, 1.807) is 41.3 Å². The number of hydrogen-bond donors (Lipinski definition) is 1. The van der Waals surface area contributed by atoms with Crippen LogP contribution in [0.5, 0.6) is 0 Å². The Balaban J connectivity index is 1.25. The second-order valence-electron chi connectivity index (χ2n) is 10.6. The Labute approximate surface area is 229 Å². The van der Waals surface area contributed by atoms with E-state index in [-0.39, 0.29) is 48.1 Å². The van der Waals surface area contributed by atoms with Crippen molar-refractivity contribution in [2.75, 3.05) is 0 Å². The molecule has 3 unspecified atom stereocenters. The third-order valence-electron chi connectivity index (χ3n) is 7.67. The van der Waals surface area contributed by atoms with Gasteiger partial charge in [-0.3, -0.25) is 9.59 Å². The van der Waals surface area contributed by atoms with Crippen LogP contribution in [0.3, 0.4) is 0 Å². The first-order valence-corrected chi connectivity index (χ1v) is 13.9. The first kappa shape index (κ1) is 26.7. The average Bonchev–Trinajstić information content (AvgIpc) is 2.96. The second-order valence-corrected chi connectivity index (χ2v) is 10.6. The number of benzene rings is 3. The fourth-order valence-electron chi connectivity index (χ4n) is 5.46. The third-order valence-corrected chi connectivity index (χ3v) is 7.67.